The molecule has 1 aliphatic carbocycles. The molecule has 1 aliphatic heterocycles. The van der Waals surface area contributed by atoms with E-state index in [-0.39, 0.29) is 28.9 Å². The van der Waals surface area contributed by atoms with Crippen LogP contribution >= 0.6 is 11.6 Å². The second kappa shape index (κ2) is 15.0. The van der Waals surface area contributed by atoms with Gasteiger partial charge in [0.15, 0.2) is 6.29 Å². The maximum Gasteiger partial charge on any atom is 0.263 e. The fraction of sp³-hybridized carbons (Fsp3) is 0.606. The van der Waals surface area contributed by atoms with Crippen molar-refractivity contribution in [2.24, 2.45) is 17.8 Å². The van der Waals surface area contributed by atoms with Gasteiger partial charge in [-0.05, 0) is 91.8 Å². The van der Waals surface area contributed by atoms with Crippen molar-refractivity contribution in [3.8, 4) is 5.75 Å². The number of fused-ring (bicyclic) bond motifs is 1. The molecule has 7 nitrogen and oxygen atoms in total. The maximum absolute atomic E-state index is 13.3. The first-order chi connectivity index (χ1) is 20.1. The Balaban J connectivity index is 1.62. The minimum absolute atomic E-state index is 0.0869. The van der Waals surface area contributed by atoms with Gasteiger partial charge in [-0.1, -0.05) is 51.3 Å². The predicted octanol–water partition coefficient (Wildman–Crippen LogP) is 6.22. The number of nitrogens with one attached hydrogen (secondary N) is 1. The molecule has 3 N–H and O–H groups in total. The van der Waals surface area contributed by atoms with Gasteiger partial charge in [0.05, 0.1) is 17.5 Å². The SMILES string of the molecule is CCCc1cc(Cl)ccc1C1COc2ccc(C(=O)NS(=O)C(C)C(C)CCC)cc2N(CC2CCC2CC(O)O)C1. The molecule has 2 aromatic rings. The summed E-state index contributed by atoms with van der Waals surface area (Å²) in [5.74, 6) is 1.23. The summed E-state index contributed by atoms with van der Waals surface area (Å²) in [5, 5.41) is 19.8. The molecule has 0 spiro atoms. The van der Waals surface area contributed by atoms with Crippen molar-refractivity contribution in [3.05, 3.63) is 58.1 Å². The Morgan fingerprint density at radius 2 is 1.88 bits per heavy atom. The molecule has 1 amide bonds. The number of aliphatic hydroxyl groups is 2. The molecule has 1 saturated carbocycles. The highest BCUT2D eigenvalue weighted by Gasteiger charge is 2.36. The normalized spacial score (nSPS) is 22.4. The molecule has 9 heteroatoms. The lowest BCUT2D eigenvalue weighted by atomic mass is 9.71. The van der Waals surface area contributed by atoms with Crippen LogP contribution in [0.4, 0.5) is 5.69 Å². The van der Waals surface area contributed by atoms with E-state index < -0.39 is 17.3 Å². The number of anilines is 1. The van der Waals surface area contributed by atoms with E-state index in [1.165, 1.54) is 11.1 Å². The molecule has 232 valence electrons. The van der Waals surface area contributed by atoms with Crippen LogP contribution in [0.1, 0.15) is 93.6 Å². The zero-order valence-electron chi connectivity index (χ0n) is 25.4. The summed E-state index contributed by atoms with van der Waals surface area (Å²) in [6, 6.07) is 11.5. The molecule has 6 atom stereocenters. The lowest BCUT2D eigenvalue weighted by Gasteiger charge is -2.41. The average Bonchev–Trinajstić information content (AvgIpc) is 3.13. The van der Waals surface area contributed by atoms with E-state index in [1.54, 1.807) is 6.07 Å². The monoisotopic (exact) mass is 618 g/mol. The molecule has 2 aromatic carbocycles. The predicted molar refractivity (Wildman–Crippen MR) is 171 cm³/mol. The van der Waals surface area contributed by atoms with Crippen LogP contribution < -0.4 is 14.4 Å². The minimum Gasteiger partial charge on any atom is -0.491 e. The van der Waals surface area contributed by atoms with E-state index in [9.17, 15) is 19.2 Å². The van der Waals surface area contributed by atoms with Crippen molar-refractivity contribution in [3.63, 3.8) is 0 Å². The number of ether oxygens (including phenoxy) is 1. The van der Waals surface area contributed by atoms with E-state index >= 15 is 0 Å². The Bertz CT molecular complexity index is 1240. The molecule has 0 radical (unpaired) electrons. The van der Waals surface area contributed by atoms with Gasteiger partial charge in [-0.3, -0.25) is 9.52 Å². The summed E-state index contributed by atoms with van der Waals surface area (Å²) in [5.41, 5.74) is 3.73. The van der Waals surface area contributed by atoms with E-state index in [1.807, 2.05) is 25.1 Å². The molecule has 1 fully saturated rings. The summed E-state index contributed by atoms with van der Waals surface area (Å²) >= 11 is 6.37. The summed E-state index contributed by atoms with van der Waals surface area (Å²) in [6.07, 6.45) is 4.95. The van der Waals surface area contributed by atoms with Gasteiger partial charge in [0.1, 0.15) is 16.7 Å². The Kier molecular flexibility index (Phi) is 11.7. The van der Waals surface area contributed by atoms with Crippen LogP contribution in [0.5, 0.6) is 5.75 Å². The van der Waals surface area contributed by atoms with Gasteiger partial charge in [0, 0.05) is 36.0 Å². The van der Waals surface area contributed by atoms with Crippen molar-refractivity contribution in [1.29, 1.82) is 0 Å². The van der Waals surface area contributed by atoms with Crippen molar-refractivity contribution >= 4 is 34.2 Å². The van der Waals surface area contributed by atoms with E-state index in [2.05, 4.69) is 42.5 Å². The summed E-state index contributed by atoms with van der Waals surface area (Å²) in [7, 11) is -1.49. The lowest BCUT2D eigenvalue weighted by Crippen LogP contribution is -2.41. The Morgan fingerprint density at radius 3 is 2.55 bits per heavy atom. The topological polar surface area (TPSA) is 99.1 Å². The number of carbonyl (C=O) groups is 1. The van der Waals surface area contributed by atoms with Crippen LogP contribution in [0.3, 0.4) is 0 Å². The molecule has 4 rings (SSSR count). The smallest absolute Gasteiger partial charge is 0.263 e. The van der Waals surface area contributed by atoms with Crippen molar-refractivity contribution in [2.75, 3.05) is 24.6 Å². The number of benzene rings is 2. The van der Waals surface area contributed by atoms with Crippen LogP contribution in [0.15, 0.2) is 36.4 Å². The van der Waals surface area contributed by atoms with Crippen LogP contribution in [0.25, 0.3) is 0 Å². The molecule has 0 bridgehead atoms. The first-order valence-electron chi connectivity index (χ1n) is 15.5. The molecular weight excluding hydrogens is 572 g/mol. The Hall–Kier alpha value is -2.13. The third-order valence-corrected chi connectivity index (χ3v) is 10.9. The first-order valence-corrected chi connectivity index (χ1v) is 17.1. The van der Waals surface area contributed by atoms with Crippen LogP contribution in [0, 0.1) is 17.8 Å². The largest absolute Gasteiger partial charge is 0.491 e. The third kappa shape index (κ3) is 8.07. The van der Waals surface area contributed by atoms with Gasteiger partial charge >= 0.3 is 0 Å². The number of hydrogen-bond donors (Lipinski definition) is 3. The second-order valence-corrected chi connectivity index (χ2v) is 14.2. The highest BCUT2D eigenvalue weighted by Crippen LogP contribution is 2.42. The highest BCUT2D eigenvalue weighted by atomic mass is 35.5. The van der Waals surface area contributed by atoms with Crippen LogP contribution in [0.2, 0.25) is 5.02 Å². The molecular formula is C33H47ClN2O5S. The zero-order valence-corrected chi connectivity index (χ0v) is 26.9. The van der Waals surface area contributed by atoms with Gasteiger partial charge in [0.2, 0.25) is 0 Å². The zero-order chi connectivity index (χ0) is 30.4. The van der Waals surface area contributed by atoms with E-state index in [4.69, 9.17) is 16.3 Å². The molecule has 1 heterocycles. The van der Waals surface area contributed by atoms with Crippen molar-refractivity contribution in [1.82, 2.24) is 4.72 Å². The van der Waals surface area contributed by atoms with Gasteiger partial charge < -0.3 is 19.8 Å². The number of halogens is 1. The Labute approximate surface area is 258 Å². The van der Waals surface area contributed by atoms with Gasteiger partial charge in [0.25, 0.3) is 5.91 Å². The number of hydrogen-bond acceptors (Lipinski definition) is 6. The van der Waals surface area contributed by atoms with E-state index in [0.29, 0.717) is 36.8 Å². The van der Waals surface area contributed by atoms with Gasteiger partial charge in [-0.25, -0.2) is 4.21 Å². The van der Waals surface area contributed by atoms with Crippen LogP contribution in [-0.2, 0) is 17.4 Å². The minimum atomic E-state index is -1.49. The number of nitrogens with zero attached hydrogens (tertiary/aromatic N) is 1. The van der Waals surface area contributed by atoms with E-state index in [0.717, 1.165) is 55.8 Å². The summed E-state index contributed by atoms with van der Waals surface area (Å²) < 4.78 is 22.1. The molecule has 6 unspecified atom stereocenters. The second-order valence-electron chi connectivity index (χ2n) is 12.2. The number of rotatable bonds is 13. The van der Waals surface area contributed by atoms with Crippen molar-refractivity contribution < 1.29 is 24.0 Å². The van der Waals surface area contributed by atoms with Crippen LogP contribution in [-0.4, -0.2) is 51.6 Å². The number of aryl methyl sites for hydroxylation is 1. The molecule has 0 saturated heterocycles. The molecule has 42 heavy (non-hydrogen) atoms. The molecule has 0 aromatic heterocycles. The van der Waals surface area contributed by atoms with Gasteiger partial charge in [-0.2, -0.15) is 0 Å². The highest BCUT2D eigenvalue weighted by molar-refractivity contribution is 7.84. The standard InChI is InChI=1S/C33H47ClN2O5S/c1-5-7-21(3)22(4)42(40)35-33(39)25-11-14-31-30(16-25)36(18-26-10-9-23(26)17-32(37)38)19-27(20-41-31)29-13-12-28(34)15-24(29)8-6-2/h11-16,21-23,26-27,32,37-38H,5-10,17-20H2,1-4H3,(H,35,39). The average molecular weight is 619 g/mol. The van der Waals surface area contributed by atoms with Gasteiger partial charge in [-0.15, -0.1) is 0 Å². The quantitative estimate of drug-likeness (QED) is 0.231. The Morgan fingerprint density at radius 1 is 1.12 bits per heavy atom. The number of carbonyl (C=O) groups excluding carboxylic acids is 1. The number of aliphatic hydroxyl groups excluding tert-OH is 1. The number of amides is 1. The summed E-state index contributed by atoms with van der Waals surface area (Å²) in [6.45, 7) is 10.2. The first kappa shape index (κ1) is 32.8. The maximum atomic E-state index is 13.3. The lowest BCUT2D eigenvalue weighted by molar-refractivity contribution is -0.0719. The molecule has 2 aliphatic rings. The summed E-state index contributed by atoms with van der Waals surface area (Å²) in [4.78, 5) is 15.6. The fourth-order valence-electron chi connectivity index (χ4n) is 6.34. The third-order valence-electron chi connectivity index (χ3n) is 9.13. The van der Waals surface area contributed by atoms with Crippen molar-refractivity contribution in [2.45, 2.75) is 90.1 Å². The fourth-order valence-corrected chi connectivity index (χ4v) is 7.58.